The van der Waals surface area contributed by atoms with Crippen LogP contribution in [0.1, 0.15) is 25.0 Å². The van der Waals surface area contributed by atoms with Crippen LogP contribution in [0.2, 0.25) is 0 Å². The lowest BCUT2D eigenvalue weighted by Gasteiger charge is -2.22. The highest BCUT2D eigenvalue weighted by Gasteiger charge is 2.13. The monoisotopic (exact) mass is 212 g/mol. The molecule has 0 saturated carbocycles. The maximum absolute atomic E-state index is 5.28. The molecule has 1 aromatic heterocycles. The number of thioether (sulfide) groups is 1. The Bertz CT molecular complexity index is 281. The van der Waals surface area contributed by atoms with Gasteiger partial charge in [0.1, 0.15) is 6.26 Å². The summed E-state index contributed by atoms with van der Waals surface area (Å²) >= 11 is 1.71. The largest absolute Gasteiger partial charge is 0.440 e. The summed E-state index contributed by atoms with van der Waals surface area (Å²) in [4.78, 5) is 4.26. The third-order valence-electron chi connectivity index (χ3n) is 2.42. The van der Waals surface area contributed by atoms with Gasteiger partial charge in [-0.2, -0.15) is 0 Å². The van der Waals surface area contributed by atoms with Crippen LogP contribution in [0.3, 0.4) is 0 Å². The zero-order valence-electron chi connectivity index (χ0n) is 8.45. The van der Waals surface area contributed by atoms with E-state index in [1.165, 1.54) is 19.3 Å². The molecule has 14 heavy (non-hydrogen) atoms. The van der Waals surface area contributed by atoms with Crippen molar-refractivity contribution in [2.24, 2.45) is 0 Å². The second-order valence-electron chi connectivity index (χ2n) is 3.71. The van der Waals surface area contributed by atoms with Crippen LogP contribution in [-0.4, -0.2) is 23.3 Å². The van der Waals surface area contributed by atoms with Crippen LogP contribution in [-0.2, 0) is 0 Å². The highest BCUT2D eigenvalue weighted by atomic mass is 32.2. The normalized spacial score (nSPS) is 22.5. The van der Waals surface area contributed by atoms with Crippen LogP contribution in [0.4, 0.5) is 0 Å². The second-order valence-corrected chi connectivity index (χ2v) is 4.68. The predicted molar refractivity (Wildman–Crippen MR) is 57.6 cm³/mol. The molecule has 1 saturated heterocycles. The molecule has 1 unspecified atom stereocenters. The maximum atomic E-state index is 5.28. The summed E-state index contributed by atoms with van der Waals surface area (Å²) in [7, 11) is 0. The van der Waals surface area contributed by atoms with Gasteiger partial charge in [-0.25, -0.2) is 4.98 Å². The van der Waals surface area contributed by atoms with Crippen molar-refractivity contribution in [3.8, 4) is 0 Å². The zero-order chi connectivity index (χ0) is 9.80. The molecule has 2 heterocycles. The van der Waals surface area contributed by atoms with Crippen molar-refractivity contribution in [2.45, 2.75) is 37.5 Å². The summed E-state index contributed by atoms with van der Waals surface area (Å²) in [5.41, 5.74) is 0.962. The highest BCUT2D eigenvalue weighted by Crippen LogP contribution is 2.20. The Balaban J connectivity index is 1.76. The van der Waals surface area contributed by atoms with E-state index >= 15 is 0 Å². The Labute approximate surface area is 88.7 Å². The van der Waals surface area contributed by atoms with Gasteiger partial charge >= 0.3 is 0 Å². The van der Waals surface area contributed by atoms with Crippen molar-refractivity contribution in [1.29, 1.82) is 0 Å². The average molecular weight is 212 g/mol. The fourth-order valence-corrected chi connectivity index (χ4v) is 2.59. The summed E-state index contributed by atoms with van der Waals surface area (Å²) in [5.74, 6) is 1.07. The van der Waals surface area contributed by atoms with E-state index in [1.807, 2.05) is 6.92 Å². The van der Waals surface area contributed by atoms with Gasteiger partial charge in [0.25, 0.3) is 5.22 Å². The molecule has 0 spiro atoms. The first-order valence-corrected chi connectivity index (χ1v) is 6.11. The molecule has 1 fully saturated rings. The van der Waals surface area contributed by atoms with Gasteiger partial charge < -0.3 is 9.73 Å². The quantitative estimate of drug-likeness (QED) is 0.780. The smallest absolute Gasteiger partial charge is 0.255 e. The molecule has 1 N–H and O–H groups in total. The second kappa shape index (κ2) is 4.84. The molecular weight excluding hydrogens is 196 g/mol. The summed E-state index contributed by atoms with van der Waals surface area (Å²) in [6.45, 7) is 3.11. The number of oxazole rings is 1. The van der Waals surface area contributed by atoms with Gasteiger partial charge in [-0.1, -0.05) is 18.2 Å². The molecule has 1 atom stereocenters. The van der Waals surface area contributed by atoms with Crippen molar-refractivity contribution < 1.29 is 4.42 Å². The van der Waals surface area contributed by atoms with Crippen LogP contribution in [0.25, 0.3) is 0 Å². The third kappa shape index (κ3) is 2.75. The first-order chi connectivity index (χ1) is 6.84. The average Bonchev–Trinajstić information content (AvgIpc) is 2.63. The Hall–Kier alpha value is -0.480. The van der Waals surface area contributed by atoms with Gasteiger partial charge in [0, 0.05) is 11.8 Å². The summed E-state index contributed by atoms with van der Waals surface area (Å²) in [5, 5.41) is 4.31. The first-order valence-electron chi connectivity index (χ1n) is 5.13. The molecule has 4 heteroatoms. The fourth-order valence-electron chi connectivity index (χ4n) is 1.64. The number of nitrogens with zero attached hydrogens (tertiary/aromatic N) is 1. The molecule has 2 rings (SSSR count). The lowest BCUT2D eigenvalue weighted by molar-refractivity contribution is 0.425. The van der Waals surface area contributed by atoms with E-state index in [-0.39, 0.29) is 0 Å². The van der Waals surface area contributed by atoms with Gasteiger partial charge in [-0.05, 0) is 26.3 Å². The van der Waals surface area contributed by atoms with Crippen molar-refractivity contribution in [3.05, 3.63) is 12.0 Å². The Morgan fingerprint density at radius 2 is 2.57 bits per heavy atom. The molecular formula is C10H16N2OS. The van der Waals surface area contributed by atoms with Gasteiger partial charge in [0.15, 0.2) is 0 Å². The Morgan fingerprint density at radius 1 is 1.64 bits per heavy atom. The van der Waals surface area contributed by atoms with Gasteiger partial charge in [0.2, 0.25) is 0 Å². The van der Waals surface area contributed by atoms with Gasteiger partial charge in [0.05, 0.1) is 5.69 Å². The van der Waals surface area contributed by atoms with Crippen LogP contribution in [0.15, 0.2) is 15.9 Å². The molecule has 1 aliphatic rings. The standard InChI is InChI=1S/C10H16N2OS/c1-8-6-13-10(12-8)14-7-9-4-2-3-5-11-9/h6,9,11H,2-5,7H2,1H3. The molecule has 0 amide bonds. The van der Waals surface area contributed by atoms with E-state index in [0.29, 0.717) is 6.04 Å². The van der Waals surface area contributed by atoms with E-state index in [4.69, 9.17) is 4.42 Å². The summed E-state index contributed by atoms with van der Waals surface area (Å²) in [6, 6.07) is 0.640. The number of hydrogen-bond acceptors (Lipinski definition) is 4. The predicted octanol–water partition coefficient (Wildman–Crippen LogP) is 2.22. The van der Waals surface area contributed by atoms with Crippen LogP contribution in [0.5, 0.6) is 0 Å². The number of aromatic nitrogens is 1. The Kier molecular flexibility index (Phi) is 3.48. The summed E-state index contributed by atoms with van der Waals surface area (Å²) in [6.07, 6.45) is 5.66. The van der Waals surface area contributed by atoms with Crippen molar-refractivity contribution in [3.63, 3.8) is 0 Å². The third-order valence-corrected chi connectivity index (χ3v) is 3.42. The SMILES string of the molecule is Cc1coc(SCC2CCCCN2)n1. The van der Waals surface area contributed by atoms with Gasteiger partial charge in [-0.15, -0.1) is 0 Å². The zero-order valence-corrected chi connectivity index (χ0v) is 9.27. The molecule has 0 aromatic carbocycles. The molecule has 0 radical (unpaired) electrons. The summed E-state index contributed by atoms with van der Waals surface area (Å²) < 4.78 is 5.28. The maximum Gasteiger partial charge on any atom is 0.255 e. The van der Waals surface area contributed by atoms with E-state index < -0.39 is 0 Å². The van der Waals surface area contributed by atoms with Crippen molar-refractivity contribution in [2.75, 3.05) is 12.3 Å². The number of aryl methyl sites for hydroxylation is 1. The van der Waals surface area contributed by atoms with E-state index in [0.717, 1.165) is 23.2 Å². The molecule has 1 aromatic rings. The van der Waals surface area contributed by atoms with E-state index in [9.17, 15) is 0 Å². The van der Waals surface area contributed by atoms with Gasteiger partial charge in [-0.3, -0.25) is 0 Å². The topological polar surface area (TPSA) is 38.1 Å². The van der Waals surface area contributed by atoms with Crippen LogP contribution in [0, 0.1) is 6.92 Å². The van der Waals surface area contributed by atoms with Crippen molar-refractivity contribution in [1.82, 2.24) is 10.3 Å². The number of hydrogen-bond donors (Lipinski definition) is 1. The molecule has 78 valence electrons. The van der Waals surface area contributed by atoms with E-state index in [2.05, 4.69) is 10.3 Å². The number of piperidine rings is 1. The number of rotatable bonds is 3. The highest BCUT2D eigenvalue weighted by molar-refractivity contribution is 7.99. The fraction of sp³-hybridized carbons (Fsp3) is 0.700. The van der Waals surface area contributed by atoms with E-state index in [1.54, 1.807) is 18.0 Å². The van der Waals surface area contributed by atoms with Crippen LogP contribution >= 0.6 is 11.8 Å². The first kappa shape index (κ1) is 10.1. The molecule has 0 aliphatic carbocycles. The van der Waals surface area contributed by atoms with Crippen molar-refractivity contribution >= 4 is 11.8 Å². The molecule has 3 nitrogen and oxygen atoms in total. The minimum absolute atomic E-state index is 0.640. The minimum Gasteiger partial charge on any atom is -0.440 e. The lowest BCUT2D eigenvalue weighted by atomic mass is 10.1. The number of nitrogens with one attached hydrogen (secondary N) is 1. The lowest BCUT2D eigenvalue weighted by Crippen LogP contribution is -2.35. The Morgan fingerprint density at radius 3 is 3.21 bits per heavy atom. The molecule has 0 bridgehead atoms. The molecule has 1 aliphatic heterocycles. The van der Waals surface area contributed by atoms with Crippen LogP contribution < -0.4 is 5.32 Å². The minimum atomic E-state index is 0.640.